The molecule has 1 saturated heterocycles. The predicted molar refractivity (Wildman–Crippen MR) is 100 cm³/mol. The monoisotopic (exact) mass is 352 g/mol. The van der Waals surface area contributed by atoms with E-state index < -0.39 is 0 Å². The van der Waals surface area contributed by atoms with Gasteiger partial charge in [0, 0.05) is 25.7 Å². The van der Waals surface area contributed by atoms with Crippen molar-refractivity contribution in [2.45, 2.75) is 39.5 Å². The van der Waals surface area contributed by atoms with E-state index in [-0.39, 0.29) is 24.2 Å². The molecule has 1 atom stereocenters. The molecule has 136 valence electrons. The number of rotatable bonds is 3. The minimum absolute atomic E-state index is 0.0164. The molecule has 1 aliphatic heterocycles. The number of carbonyl (C=O) groups is 2. The van der Waals surface area contributed by atoms with Gasteiger partial charge in [0.2, 0.25) is 11.8 Å². The first-order valence-corrected chi connectivity index (χ1v) is 9.17. The van der Waals surface area contributed by atoms with Crippen LogP contribution >= 0.6 is 0 Å². The van der Waals surface area contributed by atoms with Gasteiger partial charge >= 0.3 is 0 Å². The maximum atomic E-state index is 12.7. The van der Waals surface area contributed by atoms with Gasteiger partial charge in [-0.25, -0.2) is 0 Å². The Labute approximate surface area is 153 Å². The van der Waals surface area contributed by atoms with E-state index >= 15 is 0 Å². The summed E-state index contributed by atoms with van der Waals surface area (Å²) < 4.78 is 1.75. The lowest BCUT2D eigenvalue weighted by Crippen LogP contribution is -2.28. The van der Waals surface area contributed by atoms with Crippen molar-refractivity contribution < 1.29 is 9.59 Å². The molecular weight excluding hydrogens is 328 g/mol. The van der Waals surface area contributed by atoms with Crippen LogP contribution in [0.4, 0.5) is 11.4 Å². The van der Waals surface area contributed by atoms with Crippen molar-refractivity contribution in [3.63, 3.8) is 0 Å². The van der Waals surface area contributed by atoms with Crippen molar-refractivity contribution in [2.75, 3.05) is 16.8 Å². The predicted octanol–water partition coefficient (Wildman–Crippen LogP) is 2.52. The van der Waals surface area contributed by atoms with Crippen LogP contribution in [-0.4, -0.2) is 28.1 Å². The highest BCUT2D eigenvalue weighted by Crippen LogP contribution is 2.31. The normalized spacial score (nSPS) is 19.1. The Hall–Kier alpha value is -2.63. The van der Waals surface area contributed by atoms with Gasteiger partial charge < -0.3 is 10.2 Å². The number of fused-ring (bicyclic) bond motifs is 1. The van der Waals surface area contributed by atoms with Gasteiger partial charge in [0.05, 0.1) is 23.0 Å². The Kier molecular flexibility index (Phi) is 4.05. The molecule has 0 unspecified atom stereocenters. The van der Waals surface area contributed by atoms with E-state index in [1.165, 1.54) is 17.5 Å². The molecule has 6 heteroatoms. The Balaban J connectivity index is 1.50. The van der Waals surface area contributed by atoms with Crippen molar-refractivity contribution >= 4 is 23.2 Å². The van der Waals surface area contributed by atoms with Gasteiger partial charge in [-0.15, -0.1) is 0 Å². The van der Waals surface area contributed by atoms with Gasteiger partial charge in [-0.1, -0.05) is 6.07 Å². The third-order valence-electron chi connectivity index (χ3n) is 5.65. The standard InChI is InChI=1S/C20H24N4O2/c1-12-19(13(2)23(3)22-12)21-20(26)16-10-18(25)24(11-16)17-8-7-14-5-4-6-15(14)9-17/h7-9,16H,4-6,10-11H2,1-3H3,(H,21,26)/t16-/m0/s1. The van der Waals surface area contributed by atoms with Crippen LogP contribution in [0.1, 0.15) is 35.4 Å². The summed E-state index contributed by atoms with van der Waals surface area (Å²) >= 11 is 0. The Morgan fingerprint density at radius 3 is 2.73 bits per heavy atom. The number of anilines is 2. The SMILES string of the molecule is Cc1nn(C)c(C)c1NC(=O)[C@H]1CC(=O)N(c2ccc3c(c2)CCC3)C1. The fourth-order valence-electron chi connectivity index (χ4n) is 4.04. The maximum Gasteiger partial charge on any atom is 0.229 e. The molecule has 2 aliphatic rings. The van der Waals surface area contributed by atoms with Crippen molar-refractivity contribution in [1.82, 2.24) is 9.78 Å². The quantitative estimate of drug-likeness (QED) is 0.923. The number of hydrogen-bond donors (Lipinski definition) is 1. The van der Waals surface area contributed by atoms with Crippen LogP contribution < -0.4 is 10.2 Å². The first kappa shape index (κ1) is 16.8. The third kappa shape index (κ3) is 2.79. The second-order valence-corrected chi connectivity index (χ2v) is 7.37. The molecule has 1 aromatic carbocycles. The molecule has 0 radical (unpaired) electrons. The Morgan fingerprint density at radius 1 is 1.23 bits per heavy atom. The highest BCUT2D eigenvalue weighted by atomic mass is 16.2. The summed E-state index contributed by atoms with van der Waals surface area (Å²) in [7, 11) is 1.85. The van der Waals surface area contributed by atoms with Gasteiger partial charge in [-0.05, 0) is 56.4 Å². The van der Waals surface area contributed by atoms with Crippen molar-refractivity contribution in [3.05, 3.63) is 40.7 Å². The molecule has 1 fully saturated rings. The summed E-state index contributed by atoms with van der Waals surface area (Å²) in [5, 5.41) is 7.30. The van der Waals surface area contributed by atoms with Crippen LogP contribution in [0.2, 0.25) is 0 Å². The number of aromatic nitrogens is 2. The van der Waals surface area contributed by atoms with E-state index in [4.69, 9.17) is 0 Å². The highest BCUT2D eigenvalue weighted by Gasteiger charge is 2.36. The number of nitrogens with zero attached hydrogens (tertiary/aromatic N) is 3. The van der Waals surface area contributed by atoms with Crippen LogP contribution in [0.5, 0.6) is 0 Å². The van der Waals surface area contributed by atoms with Gasteiger partial charge in [-0.3, -0.25) is 14.3 Å². The molecule has 2 amide bonds. The van der Waals surface area contributed by atoms with E-state index in [9.17, 15) is 9.59 Å². The number of hydrogen-bond acceptors (Lipinski definition) is 3. The van der Waals surface area contributed by atoms with E-state index in [0.717, 1.165) is 35.6 Å². The zero-order valence-electron chi connectivity index (χ0n) is 15.5. The van der Waals surface area contributed by atoms with Gasteiger partial charge in [0.15, 0.2) is 0 Å². The smallest absolute Gasteiger partial charge is 0.229 e. The van der Waals surface area contributed by atoms with E-state index in [1.807, 2.05) is 27.0 Å². The first-order chi connectivity index (χ1) is 12.4. The molecular formula is C20H24N4O2. The first-order valence-electron chi connectivity index (χ1n) is 9.17. The van der Waals surface area contributed by atoms with E-state index in [1.54, 1.807) is 9.58 Å². The van der Waals surface area contributed by atoms with E-state index in [0.29, 0.717) is 6.54 Å². The van der Waals surface area contributed by atoms with Gasteiger partial charge in [0.25, 0.3) is 0 Å². The zero-order chi connectivity index (χ0) is 18.4. The van der Waals surface area contributed by atoms with Crippen molar-refractivity contribution in [3.8, 4) is 0 Å². The lowest BCUT2D eigenvalue weighted by atomic mass is 10.1. The Bertz CT molecular complexity index is 899. The molecule has 1 aliphatic carbocycles. The molecule has 2 heterocycles. The third-order valence-corrected chi connectivity index (χ3v) is 5.65. The van der Waals surface area contributed by atoms with Gasteiger partial charge in [-0.2, -0.15) is 5.10 Å². The summed E-state index contributed by atoms with van der Waals surface area (Å²) in [4.78, 5) is 27.0. The molecule has 0 bridgehead atoms. The zero-order valence-corrected chi connectivity index (χ0v) is 15.5. The topological polar surface area (TPSA) is 67.2 Å². The number of benzene rings is 1. The largest absolute Gasteiger partial charge is 0.323 e. The average molecular weight is 352 g/mol. The van der Waals surface area contributed by atoms with Crippen LogP contribution in [-0.2, 0) is 29.5 Å². The second-order valence-electron chi connectivity index (χ2n) is 7.37. The minimum Gasteiger partial charge on any atom is -0.323 e. The van der Waals surface area contributed by atoms with Gasteiger partial charge in [0.1, 0.15) is 0 Å². The number of nitrogens with one attached hydrogen (secondary N) is 1. The number of aryl methyl sites for hydroxylation is 4. The maximum absolute atomic E-state index is 12.7. The molecule has 4 rings (SSSR count). The molecule has 26 heavy (non-hydrogen) atoms. The summed E-state index contributed by atoms with van der Waals surface area (Å²) in [5.74, 6) is -0.432. The van der Waals surface area contributed by atoms with Crippen LogP contribution in [0, 0.1) is 19.8 Å². The van der Waals surface area contributed by atoms with Crippen molar-refractivity contribution in [1.29, 1.82) is 0 Å². The van der Waals surface area contributed by atoms with Crippen LogP contribution in [0.25, 0.3) is 0 Å². The lowest BCUT2D eigenvalue weighted by molar-refractivity contribution is -0.122. The minimum atomic E-state index is -0.338. The highest BCUT2D eigenvalue weighted by molar-refractivity contribution is 6.03. The lowest BCUT2D eigenvalue weighted by Gasteiger charge is -2.18. The molecule has 0 spiro atoms. The van der Waals surface area contributed by atoms with Crippen molar-refractivity contribution in [2.24, 2.45) is 13.0 Å². The molecule has 2 aromatic rings. The molecule has 6 nitrogen and oxygen atoms in total. The second kappa shape index (κ2) is 6.27. The fraction of sp³-hybridized carbons (Fsp3) is 0.450. The Morgan fingerprint density at radius 2 is 2.00 bits per heavy atom. The number of carbonyl (C=O) groups excluding carboxylic acids is 2. The summed E-state index contributed by atoms with van der Waals surface area (Å²) in [6.45, 7) is 4.23. The molecule has 1 aromatic heterocycles. The summed E-state index contributed by atoms with van der Waals surface area (Å²) in [6.07, 6.45) is 3.63. The molecule has 1 N–H and O–H groups in total. The molecule has 0 saturated carbocycles. The summed E-state index contributed by atoms with van der Waals surface area (Å²) in [5.41, 5.74) is 6.09. The summed E-state index contributed by atoms with van der Waals surface area (Å²) in [6, 6.07) is 6.26. The van der Waals surface area contributed by atoms with Crippen LogP contribution in [0.3, 0.4) is 0 Å². The fourth-order valence-corrected chi connectivity index (χ4v) is 4.04. The average Bonchev–Trinajstić information content (AvgIpc) is 3.29. The van der Waals surface area contributed by atoms with E-state index in [2.05, 4.69) is 22.5 Å². The van der Waals surface area contributed by atoms with Crippen LogP contribution in [0.15, 0.2) is 18.2 Å². The number of amides is 2.